The number of morpholine rings is 1. The van der Waals surface area contributed by atoms with Crippen molar-refractivity contribution in [3.05, 3.63) is 0 Å². The minimum atomic E-state index is -0.909. The highest BCUT2D eigenvalue weighted by Crippen LogP contribution is 2.26. The maximum atomic E-state index is 12.1. The minimum absolute atomic E-state index is 0.0487. The second kappa shape index (κ2) is 6.15. The minimum Gasteiger partial charge on any atom is -0.481 e. The Labute approximate surface area is 107 Å². The Hall–Kier alpha value is -1.14. The highest BCUT2D eigenvalue weighted by Gasteiger charge is 2.32. The third-order valence-corrected chi connectivity index (χ3v) is 3.02. The number of hydrogen-bond acceptors (Lipinski definition) is 4. The number of carboxylic acid groups (broad SMARTS) is 1. The van der Waals surface area contributed by atoms with Crippen LogP contribution in [-0.4, -0.2) is 59.4 Å². The molecule has 18 heavy (non-hydrogen) atoms. The zero-order valence-electron chi connectivity index (χ0n) is 10.9. The number of hydrogen-bond donors (Lipinski definition) is 2. The van der Waals surface area contributed by atoms with Crippen LogP contribution in [0.2, 0.25) is 0 Å². The van der Waals surface area contributed by atoms with Gasteiger partial charge in [-0.3, -0.25) is 9.59 Å². The van der Waals surface area contributed by atoms with Gasteiger partial charge in [-0.2, -0.15) is 0 Å². The van der Waals surface area contributed by atoms with E-state index in [4.69, 9.17) is 9.84 Å². The quantitative estimate of drug-likeness (QED) is 0.731. The van der Waals surface area contributed by atoms with Gasteiger partial charge in [-0.15, -0.1) is 0 Å². The number of aliphatic hydroxyl groups is 1. The van der Waals surface area contributed by atoms with Crippen LogP contribution in [0.15, 0.2) is 0 Å². The van der Waals surface area contributed by atoms with Gasteiger partial charge < -0.3 is 19.8 Å². The molecule has 1 amide bonds. The van der Waals surface area contributed by atoms with Gasteiger partial charge in [0.25, 0.3) is 0 Å². The van der Waals surface area contributed by atoms with E-state index >= 15 is 0 Å². The van der Waals surface area contributed by atoms with E-state index in [0.717, 1.165) is 0 Å². The molecule has 104 valence electrons. The normalized spacial score (nSPS) is 20.8. The molecule has 0 aliphatic carbocycles. The van der Waals surface area contributed by atoms with Crippen LogP contribution in [0.4, 0.5) is 0 Å². The SMILES string of the molecule is CC(C)(CC(=O)O)CC(=O)N1CCOCC1CO. The van der Waals surface area contributed by atoms with E-state index in [1.807, 2.05) is 0 Å². The number of carbonyl (C=O) groups is 2. The Morgan fingerprint density at radius 1 is 1.39 bits per heavy atom. The van der Waals surface area contributed by atoms with E-state index in [2.05, 4.69) is 0 Å². The van der Waals surface area contributed by atoms with Crippen molar-refractivity contribution in [1.82, 2.24) is 4.90 Å². The number of rotatable bonds is 5. The Bertz CT molecular complexity index is 316. The number of amides is 1. The molecular formula is C12H21NO5. The summed E-state index contributed by atoms with van der Waals surface area (Å²) in [6.07, 6.45) is 0.114. The van der Waals surface area contributed by atoms with Gasteiger partial charge in [0.15, 0.2) is 0 Å². The van der Waals surface area contributed by atoms with Crippen LogP contribution in [-0.2, 0) is 14.3 Å². The van der Waals surface area contributed by atoms with Gasteiger partial charge in [-0.1, -0.05) is 13.8 Å². The molecule has 0 spiro atoms. The molecule has 1 unspecified atom stereocenters. The largest absolute Gasteiger partial charge is 0.481 e. The Morgan fingerprint density at radius 3 is 2.61 bits per heavy atom. The predicted octanol–water partition coefficient (Wildman–Crippen LogP) is 0.0971. The van der Waals surface area contributed by atoms with Crippen molar-refractivity contribution in [2.75, 3.05) is 26.4 Å². The molecule has 0 aromatic heterocycles. The summed E-state index contributed by atoms with van der Waals surface area (Å²) >= 11 is 0. The fourth-order valence-electron chi connectivity index (χ4n) is 2.12. The van der Waals surface area contributed by atoms with Crippen molar-refractivity contribution in [2.24, 2.45) is 5.41 Å². The highest BCUT2D eigenvalue weighted by atomic mass is 16.5. The number of ether oxygens (including phenoxy) is 1. The fourth-order valence-corrected chi connectivity index (χ4v) is 2.12. The molecule has 0 saturated carbocycles. The lowest BCUT2D eigenvalue weighted by Crippen LogP contribution is -2.51. The van der Waals surface area contributed by atoms with Crippen molar-refractivity contribution < 1.29 is 24.5 Å². The van der Waals surface area contributed by atoms with Crippen LogP contribution in [0.3, 0.4) is 0 Å². The average molecular weight is 259 g/mol. The molecule has 6 nitrogen and oxygen atoms in total. The number of aliphatic carboxylic acids is 1. The lowest BCUT2D eigenvalue weighted by atomic mass is 9.85. The Balaban J connectivity index is 2.60. The molecule has 6 heteroatoms. The number of carbonyl (C=O) groups excluding carboxylic acids is 1. The van der Waals surface area contributed by atoms with Crippen molar-refractivity contribution in [1.29, 1.82) is 0 Å². The van der Waals surface area contributed by atoms with E-state index in [1.165, 1.54) is 0 Å². The smallest absolute Gasteiger partial charge is 0.303 e. The van der Waals surface area contributed by atoms with Crippen LogP contribution in [0.1, 0.15) is 26.7 Å². The highest BCUT2D eigenvalue weighted by molar-refractivity contribution is 5.78. The van der Waals surface area contributed by atoms with Gasteiger partial charge in [0.2, 0.25) is 5.91 Å². The summed E-state index contributed by atoms with van der Waals surface area (Å²) in [5, 5.41) is 18.0. The first kappa shape index (κ1) is 14.9. The van der Waals surface area contributed by atoms with Crippen molar-refractivity contribution in [3.8, 4) is 0 Å². The summed E-state index contributed by atoms with van der Waals surface area (Å²) in [5.41, 5.74) is -0.582. The van der Waals surface area contributed by atoms with Crippen molar-refractivity contribution in [2.45, 2.75) is 32.7 Å². The maximum absolute atomic E-state index is 12.1. The standard InChI is InChI=1S/C12H21NO5/c1-12(2,6-11(16)17)5-10(15)13-3-4-18-8-9(13)7-14/h9,14H,3-8H2,1-2H3,(H,16,17). The van der Waals surface area contributed by atoms with Gasteiger partial charge in [-0.25, -0.2) is 0 Å². The van der Waals surface area contributed by atoms with Crippen LogP contribution >= 0.6 is 0 Å². The maximum Gasteiger partial charge on any atom is 0.303 e. The van der Waals surface area contributed by atoms with Crippen LogP contribution in [0.25, 0.3) is 0 Å². The van der Waals surface area contributed by atoms with Gasteiger partial charge in [0.1, 0.15) is 0 Å². The molecule has 0 aromatic rings. The summed E-state index contributed by atoms with van der Waals surface area (Å²) < 4.78 is 5.20. The van der Waals surface area contributed by atoms with Gasteiger partial charge >= 0.3 is 5.97 Å². The molecular weight excluding hydrogens is 238 g/mol. The molecule has 2 N–H and O–H groups in total. The van der Waals surface area contributed by atoms with Gasteiger partial charge in [0.05, 0.1) is 32.3 Å². The average Bonchev–Trinajstić information content (AvgIpc) is 2.26. The van der Waals surface area contributed by atoms with E-state index < -0.39 is 11.4 Å². The molecule has 1 fully saturated rings. The predicted molar refractivity (Wildman–Crippen MR) is 64.1 cm³/mol. The number of carboxylic acids is 1. The number of aliphatic hydroxyl groups excluding tert-OH is 1. The second-order valence-corrected chi connectivity index (χ2v) is 5.41. The fraction of sp³-hybridized carbons (Fsp3) is 0.833. The second-order valence-electron chi connectivity index (χ2n) is 5.41. The van der Waals surface area contributed by atoms with Crippen molar-refractivity contribution >= 4 is 11.9 Å². The molecule has 1 saturated heterocycles. The molecule has 1 atom stereocenters. The molecule has 0 bridgehead atoms. The molecule has 1 aliphatic rings. The summed E-state index contributed by atoms with van der Waals surface area (Å²) in [5.74, 6) is -1.03. The first-order valence-electron chi connectivity index (χ1n) is 6.05. The Kier molecular flexibility index (Phi) is 5.10. The number of nitrogens with zero attached hydrogens (tertiary/aromatic N) is 1. The Morgan fingerprint density at radius 2 is 2.06 bits per heavy atom. The lowest BCUT2D eigenvalue weighted by Gasteiger charge is -2.36. The van der Waals surface area contributed by atoms with Crippen LogP contribution < -0.4 is 0 Å². The third-order valence-electron chi connectivity index (χ3n) is 3.02. The summed E-state index contributed by atoms with van der Waals surface area (Å²) in [6, 6.07) is -0.313. The van der Waals surface area contributed by atoms with Crippen molar-refractivity contribution in [3.63, 3.8) is 0 Å². The monoisotopic (exact) mass is 259 g/mol. The van der Waals surface area contributed by atoms with Gasteiger partial charge in [-0.05, 0) is 5.41 Å². The van der Waals surface area contributed by atoms with Crippen LogP contribution in [0, 0.1) is 5.41 Å². The first-order chi connectivity index (χ1) is 8.35. The molecule has 1 aliphatic heterocycles. The summed E-state index contributed by atoms with van der Waals surface area (Å²) in [6.45, 7) is 4.63. The molecule has 0 radical (unpaired) electrons. The summed E-state index contributed by atoms with van der Waals surface area (Å²) in [4.78, 5) is 24.4. The topological polar surface area (TPSA) is 87.1 Å². The molecule has 0 aromatic carbocycles. The van der Waals surface area contributed by atoms with Crippen LogP contribution in [0.5, 0.6) is 0 Å². The van der Waals surface area contributed by atoms with E-state index in [9.17, 15) is 14.7 Å². The first-order valence-corrected chi connectivity index (χ1v) is 6.05. The lowest BCUT2D eigenvalue weighted by molar-refractivity contribution is -0.145. The zero-order valence-corrected chi connectivity index (χ0v) is 10.9. The molecule has 1 rings (SSSR count). The molecule has 1 heterocycles. The zero-order chi connectivity index (χ0) is 13.8. The summed E-state index contributed by atoms with van der Waals surface area (Å²) in [7, 11) is 0. The van der Waals surface area contributed by atoms with E-state index in [0.29, 0.717) is 19.8 Å². The van der Waals surface area contributed by atoms with Gasteiger partial charge in [0, 0.05) is 13.0 Å². The van der Waals surface area contributed by atoms with E-state index in [-0.39, 0.29) is 31.4 Å². The third kappa shape index (κ3) is 4.27. The van der Waals surface area contributed by atoms with E-state index in [1.54, 1.807) is 18.7 Å².